The van der Waals surface area contributed by atoms with Gasteiger partial charge >= 0.3 is 0 Å². The smallest absolute Gasteiger partial charge is 0.138 e. The number of imidazole rings is 1. The van der Waals surface area contributed by atoms with Crippen LogP contribution in [0.2, 0.25) is 0 Å². The van der Waals surface area contributed by atoms with Crippen molar-refractivity contribution in [2.24, 2.45) is 7.05 Å². The molecule has 2 rings (SSSR count). The highest BCUT2D eigenvalue weighted by atomic mass is 19.1. The largest absolute Gasteiger partial charge is 0.385 e. The minimum Gasteiger partial charge on any atom is -0.385 e. The van der Waals surface area contributed by atoms with Gasteiger partial charge in [0, 0.05) is 13.1 Å². The van der Waals surface area contributed by atoms with Gasteiger partial charge in [0.15, 0.2) is 0 Å². The van der Waals surface area contributed by atoms with Crippen molar-refractivity contribution in [3.05, 3.63) is 29.8 Å². The van der Waals surface area contributed by atoms with E-state index in [1.165, 1.54) is 12.1 Å². The molecule has 0 aliphatic rings. The number of aliphatic hydroxyl groups is 1. The summed E-state index contributed by atoms with van der Waals surface area (Å²) in [5.41, 5.74) is 1.39. The van der Waals surface area contributed by atoms with Crippen molar-refractivity contribution in [3.8, 4) is 0 Å². The predicted octanol–water partition coefficient (Wildman–Crippen LogP) is 1.77. The van der Waals surface area contributed by atoms with Crippen LogP contribution in [0.1, 0.15) is 18.9 Å². The van der Waals surface area contributed by atoms with Gasteiger partial charge in [0.05, 0.1) is 11.0 Å². The first kappa shape index (κ1) is 9.15. The average Bonchev–Trinajstić information content (AvgIpc) is 2.43. The lowest BCUT2D eigenvalue weighted by Gasteiger charge is -2.03. The quantitative estimate of drug-likeness (QED) is 0.751. The van der Waals surface area contributed by atoms with Crippen LogP contribution < -0.4 is 0 Å². The Morgan fingerprint density at radius 1 is 1.50 bits per heavy atom. The second-order valence-corrected chi connectivity index (χ2v) is 3.34. The lowest BCUT2D eigenvalue weighted by atomic mass is 10.3. The molecule has 0 bridgehead atoms. The summed E-state index contributed by atoms with van der Waals surface area (Å²) in [6.07, 6.45) is -0.643. The van der Waals surface area contributed by atoms with Crippen LogP contribution >= 0.6 is 0 Å². The maximum absolute atomic E-state index is 12.9. The molecular formula is C10H11FN2O. The Kier molecular flexibility index (Phi) is 2.00. The van der Waals surface area contributed by atoms with Gasteiger partial charge in [-0.1, -0.05) is 0 Å². The average molecular weight is 194 g/mol. The van der Waals surface area contributed by atoms with Crippen molar-refractivity contribution in [2.75, 3.05) is 0 Å². The zero-order chi connectivity index (χ0) is 10.3. The van der Waals surface area contributed by atoms with Crippen LogP contribution in [0.3, 0.4) is 0 Å². The molecule has 74 valence electrons. The summed E-state index contributed by atoms with van der Waals surface area (Å²) in [4.78, 5) is 4.15. The van der Waals surface area contributed by atoms with E-state index in [9.17, 15) is 9.50 Å². The van der Waals surface area contributed by atoms with E-state index < -0.39 is 6.10 Å². The van der Waals surface area contributed by atoms with Gasteiger partial charge in [-0.2, -0.15) is 0 Å². The molecule has 1 heterocycles. The Balaban J connectivity index is 2.73. The first-order chi connectivity index (χ1) is 6.59. The number of aliphatic hydroxyl groups excluding tert-OH is 1. The summed E-state index contributed by atoms with van der Waals surface area (Å²) in [5.74, 6) is 0.235. The van der Waals surface area contributed by atoms with E-state index in [0.29, 0.717) is 11.3 Å². The van der Waals surface area contributed by atoms with Crippen LogP contribution in [0.25, 0.3) is 11.0 Å². The van der Waals surface area contributed by atoms with E-state index in [4.69, 9.17) is 0 Å². The summed E-state index contributed by atoms with van der Waals surface area (Å²) in [7, 11) is 1.80. The number of benzene rings is 1. The van der Waals surface area contributed by atoms with Crippen molar-refractivity contribution in [3.63, 3.8) is 0 Å². The van der Waals surface area contributed by atoms with E-state index in [0.717, 1.165) is 5.52 Å². The molecule has 0 fully saturated rings. The number of nitrogens with zero attached hydrogens (tertiary/aromatic N) is 2. The van der Waals surface area contributed by atoms with Crippen LogP contribution in [0.15, 0.2) is 18.2 Å². The Morgan fingerprint density at radius 3 is 2.86 bits per heavy atom. The summed E-state index contributed by atoms with van der Waals surface area (Å²) < 4.78 is 14.6. The molecule has 2 aromatic rings. The van der Waals surface area contributed by atoms with Crippen molar-refractivity contribution in [1.82, 2.24) is 9.55 Å². The number of aryl methyl sites for hydroxylation is 1. The summed E-state index contributed by atoms with van der Waals surface area (Å²) in [5, 5.41) is 9.40. The molecule has 0 saturated carbocycles. The van der Waals surface area contributed by atoms with E-state index in [-0.39, 0.29) is 5.82 Å². The third-order valence-corrected chi connectivity index (χ3v) is 2.25. The van der Waals surface area contributed by atoms with Crippen molar-refractivity contribution >= 4 is 11.0 Å². The Bertz CT molecular complexity index is 476. The molecule has 1 aromatic carbocycles. The Hall–Kier alpha value is -1.42. The fraction of sp³-hybridized carbons (Fsp3) is 0.300. The molecule has 14 heavy (non-hydrogen) atoms. The SMILES string of the molecule is C[C@H](O)c1nc2cc(F)ccc2n1C. The zero-order valence-electron chi connectivity index (χ0n) is 8.03. The lowest BCUT2D eigenvalue weighted by Crippen LogP contribution is -2.01. The lowest BCUT2D eigenvalue weighted by molar-refractivity contribution is 0.186. The van der Waals surface area contributed by atoms with Gasteiger partial charge in [-0.3, -0.25) is 0 Å². The van der Waals surface area contributed by atoms with Crippen molar-refractivity contribution in [2.45, 2.75) is 13.0 Å². The van der Waals surface area contributed by atoms with Gasteiger partial charge < -0.3 is 9.67 Å². The summed E-state index contributed by atoms with van der Waals surface area (Å²) in [6.45, 7) is 1.64. The first-order valence-electron chi connectivity index (χ1n) is 4.39. The number of hydrogen-bond acceptors (Lipinski definition) is 2. The molecule has 0 unspecified atom stereocenters. The number of rotatable bonds is 1. The fourth-order valence-electron chi connectivity index (χ4n) is 1.57. The van der Waals surface area contributed by atoms with Gasteiger partial charge in [-0.25, -0.2) is 9.37 Å². The van der Waals surface area contributed by atoms with E-state index in [2.05, 4.69) is 4.98 Å². The van der Waals surface area contributed by atoms with Gasteiger partial charge in [0.1, 0.15) is 17.7 Å². The number of halogens is 1. The summed E-state index contributed by atoms with van der Waals surface area (Å²) in [6, 6.07) is 4.40. The van der Waals surface area contributed by atoms with Crippen LogP contribution in [-0.2, 0) is 7.05 Å². The number of hydrogen-bond donors (Lipinski definition) is 1. The first-order valence-corrected chi connectivity index (χ1v) is 4.39. The Labute approximate surface area is 80.8 Å². The molecule has 0 aliphatic heterocycles. The molecule has 4 heteroatoms. The third kappa shape index (κ3) is 1.28. The monoisotopic (exact) mass is 194 g/mol. The molecule has 0 spiro atoms. The van der Waals surface area contributed by atoms with E-state index in [1.807, 2.05) is 0 Å². The van der Waals surface area contributed by atoms with Crippen molar-refractivity contribution in [1.29, 1.82) is 0 Å². The van der Waals surface area contributed by atoms with Gasteiger partial charge in [-0.15, -0.1) is 0 Å². The van der Waals surface area contributed by atoms with Gasteiger partial charge in [0.25, 0.3) is 0 Å². The number of fused-ring (bicyclic) bond motifs is 1. The highest BCUT2D eigenvalue weighted by molar-refractivity contribution is 5.76. The summed E-state index contributed by atoms with van der Waals surface area (Å²) >= 11 is 0. The van der Waals surface area contributed by atoms with Gasteiger partial charge in [0.2, 0.25) is 0 Å². The molecular weight excluding hydrogens is 183 g/mol. The standard InChI is InChI=1S/C10H11FN2O/c1-6(14)10-12-8-5-7(11)3-4-9(8)13(10)2/h3-6,14H,1-2H3/t6-/m0/s1. The molecule has 0 radical (unpaired) electrons. The van der Waals surface area contributed by atoms with Gasteiger partial charge in [-0.05, 0) is 19.1 Å². The second kappa shape index (κ2) is 3.06. The normalized spacial score (nSPS) is 13.4. The Morgan fingerprint density at radius 2 is 2.21 bits per heavy atom. The minimum atomic E-state index is -0.643. The van der Waals surface area contributed by atoms with Crippen LogP contribution in [-0.4, -0.2) is 14.7 Å². The van der Waals surface area contributed by atoms with E-state index in [1.54, 1.807) is 24.6 Å². The fourth-order valence-corrected chi connectivity index (χ4v) is 1.57. The van der Waals surface area contributed by atoms with Crippen LogP contribution in [0, 0.1) is 5.82 Å². The molecule has 3 nitrogen and oxygen atoms in total. The predicted molar refractivity (Wildman–Crippen MR) is 51.3 cm³/mol. The van der Waals surface area contributed by atoms with Crippen LogP contribution in [0.4, 0.5) is 4.39 Å². The molecule has 1 N–H and O–H groups in total. The zero-order valence-corrected chi connectivity index (χ0v) is 8.03. The molecule has 1 aromatic heterocycles. The van der Waals surface area contributed by atoms with Crippen molar-refractivity contribution < 1.29 is 9.50 Å². The molecule has 0 aliphatic carbocycles. The van der Waals surface area contributed by atoms with Crippen LogP contribution in [0.5, 0.6) is 0 Å². The van der Waals surface area contributed by atoms with E-state index >= 15 is 0 Å². The molecule has 0 amide bonds. The number of aromatic nitrogens is 2. The third-order valence-electron chi connectivity index (χ3n) is 2.25. The highest BCUT2D eigenvalue weighted by Gasteiger charge is 2.11. The topological polar surface area (TPSA) is 38.1 Å². The maximum Gasteiger partial charge on any atom is 0.138 e. The molecule has 1 atom stereocenters. The highest BCUT2D eigenvalue weighted by Crippen LogP contribution is 2.19. The minimum absolute atomic E-state index is 0.312. The maximum atomic E-state index is 12.9. The molecule has 0 saturated heterocycles. The second-order valence-electron chi connectivity index (χ2n) is 3.34.